The van der Waals surface area contributed by atoms with Gasteiger partial charge in [0, 0.05) is 44.5 Å². The minimum atomic E-state index is -0.372. The van der Waals surface area contributed by atoms with Crippen LogP contribution in [0.2, 0.25) is 0 Å². The summed E-state index contributed by atoms with van der Waals surface area (Å²) in [6.45, 7) is 3.24. The van der Waals surface area contributed by atoms with Gasteiger partial charge in [0.05, 0.1) is 11.9 Å². The third-order valence-electron chi connectivity index (χ3n) is 5.99. The highest BCUT2D eigenvalue weighted by Gasteiger charge is 2.49. The van der Waals surface area contributed by atoms with Gasteiger partial charge in [-0.3, -0.25) is 14.5 Å². The lowest BCUT2D eigenvalue weighted by Gasteiger charge is -2.47. The average molecular weight is 383 g/mol. The van der Waals surface area contributed by atoms with Crippen LogP contribution in [-0.4, -0.2) is 74.6 Å². The third-order valence-corrected chi connectivity index (χ3v) is 5.99. The molecule has 4 heterocycles. The predicted octanol–water partition coefficient (Wildman–Crippen LogP) is 1.03. The Morgan fingerprint density at radius 1 is 1.00 bits per heavy atom. The molecule has 0 bridgehead atoms. The van der Waals surface area contributed by atoms with E-state index in [-0.39, 0.29) is 29.7 Å². The molecule has 0 aliphatic carbocycles. The van der Waals surface area contributed by atoms with E-state index in [2.05, 4.69) is 10.00 Å². The molecule has 3 aliphatic heterocycles. The largest absolute Gasteiger partial charge is 0.329 e. The molecule has 146 valence electrons. The highest BCUT2D eigenvalue weighted by Crippen LogP contribution is 2.29. The van der Waals surface area contributed by atoms with Gasteiger partial charge in [0.25, 0.3) is 0 Å². The fourth-order valence-electron chi connectivity index (χ4n) is 4.56. The molecule has 0 N–H and O–H groups in total. The van der Waals surface area contributed by atoms with Gasteiger partial charge < -0.3 is 9.80 Å². The maximum atomic E-state index is 13.1. The summed E-state index contributed by atoms with van der Waals surface area (Å²) in [5.41, 5.74) is 1.82. The van der Waals surface area contributed by atoms with Gasteiger partial charge >= 0.3 is 0 Å². The van der Waals surface area contributed by atoms with Gasteiger partial charge in [-0.25, -0.2) is 9.07 Å². The Kier molecular flexibility index (Phi) is 4.16. The van der Waals surface area contributed by atoms with Crippen molar-refractivity contribution in [1.82, 2.24) is 24.5 Å². The molecule has 0 spiro atoms. The first-order valence-electron chi connectivity index (χ1n) is 9.73. The maximum Gasteiger partial charge on any atom is 0.247 e. The van der Waals surface area contributed by atoms with Crippen LogP contribution >= 0.6 is 0 Å². The SMILES string of the molecule is O=C1[C@@H]2CCCN2C(=O)[C@H]2CN(Cc3cnn(-c4ccc(F)cc4)c3)CCN12. The Morgan fingerprint density at radius 2 is 1.75 bits per heavy atom. The molecule has 3 aliphatic rings. The van der Waals surface area contributed by atoms with E-state index in [0.717, 1.165) is 30.6 Å². The van der Waals surface area contributed by atoms with Crippen molar-refractivity contribution in [1.29, 1.82) is 0 Å². The van der Waals surface area contributed by atoms with Gasteiger partial charge in [-0.15, -0.1) is 0 Å². The normalized spacial score (nSPS) is 25.2. The quantitative estimate of drug-likeness (QED) is 0.794. The van der Waals surface area contributed by atoms with Crippen LogP contribution in [0.25, 0.3) is 5.69 Å². The Morgan fingerprint density at radius 3 is 2.57 bits per heavy atom. The lowest BCUT2D eigenvalue weighted by molar-refractivity contribution is -0.163. The second-order valence-corrected chi connectivity index (χ2v) is 7.74. The summed E-state index contributed by atoms with van der Waals surface area (Å²) in [4.78, 5) is 31.3. The Balaban J connectivity index is 1.28. The van der Waals surface area contributed by atoms with Crippen LogP contribution in [0.4, 0.5) is 4.39 Å². The van der Waals surface area contributed by atoms with Crippen molar-refractivity contribution in [2.24, 2.45) is 0 Å². The van der Waals surface area contributed by atoms with Crippen molar-refractivity contribution >= 4 is 11.8 Å². The summed E-state index contributed by atoms with van der Waals surface area (Å²) in [5.74, 6) is -0.0689. The number of nitrogens with zero attached hydrogens (tertiary/aromatic N) is 5. The molecule has 2 amide bonds. The molecule has 5 rings (SSSR count). The number of amides is 2. The molecule has 2 atom stereocenters. The van der Waals surface area contributed by atoms with Crippen LogP contribution in [-0.2, 0) is 16.1 Å². The Labute approximate surface area is 162 Å². The van der Waals surface area contributed by atoms with Crippen LogP contribution in [0.5, 0.6) is 0 Å². The standard InChI is InChI=1S/C20H22FN5O2/c21-15-3-5-16(6-4-15)26-12-14(10-22-26)11-23-8-9-25-18(13-23)20(28)24-7-1-2-17(24)19(25)27/h3-6,10,12,17-18H,1-2,7-9,11,13H2/t17-,18+/m0/s1. The third kappa shape index (κ3) is 2.88. The monoisotopic (exact) mass is 383 g/mol. The predicted molar refractivity (Wildman–Crippen MR) is 99.0 cm³/mol. The van der Waals surface area contributed by atoms with Crippen LogP contribution in [0, 0.1) is 5.82 Å². The van der Waals surface area contributed by atoms with Crippen molar-refractivity contribution in [3.63, 3.8) is 0 Å². The lowest BCUT2D eigenvalue weighted by atomic mass is 10.0. The summed E-state index contributed by atoms with van der Waals surface area (Å²) in [6, 6.07) is 5.58. The molecule has 3 saturated heterocycles. The van der Waals surface area contributed by atoms with E-state index in [0.29, 0.717) is 26.2 Å². The zero-order valence-corrected chi connectivity index (χ0v) is 15.5. The van der Waals surface area contributed by atoms with Crippen molar-refractivity contribution in [2.45, 2.75) is 31.5 Å². The van der Waals surface area contributed by atoms with Crippen LogP contribution < -0.4 is 0 Å². The molecule has 1 aromatic heterocycles. The summed E-state index contributed by atoms with van der Waals surface area (Å²) < 4.78 is 14.8. The van der Waals surface area contributed by atoms with E-state index in [4.69, 9.17) is 0 Å². The van der Waals surface area contributed by atoms with E-state index < -0.39 is 0 Å². The number of benzene rings is 1. The van der Waals surface area contributed by atoms with E-state index in [1.807, 2.05) is 6.20 Å². The molecular formula is C20H22FN5O2. The number of carbonyl (C=O) groups is 2. The topological polar surface area (TPSA) is 61.7 Å². The molecule has 8 heteroatoms. The second-order valence-electron chi connectivity index (χ2n) is 7.74. The summed E-state index contributed by atoms with van der Waals surface area (Å²) in [5, 5.41) is 4.36. The minimum absolute atomic E-state index is 0.0915. The number of fused-ring (bicyclic) bond motifs is 2. The Bertz CT molecular complexity index is 912. The molecule has 1 aromatic carbocycles. The number of rotatable bonds is 3. The van der Waals surface area contributed by atoms with Crippen LogP contribution in [0.15, 0.2) is 36.7 Å². The zero-order chi connectivity index (χ0) is 19.3. The average Bonchev–Trinajstić information content (AvgIpc) is 3.37. The zero-order valence-electron chi connectivity index (χ0n) is 15.5. The first kappa shape index (κ1) is 17.4. The lowest BCUT2D eigenvalue weighted by Crippen LogP contribution is -2.68. The van der Waals surface area contributed by atoms with Crippen molar-refractivity contribution in [3.05, 3.63) is 48.0 Å². The van der Waals surface area contributed by atoms with Gasteiger partial charge in [0.15, 0.2) is 0 Å². The van der Waals surface area contributed by atoms with Crippen LogP contribution in [0.1, 0.15) is 18.4 Å². The van der Waals surface area contributed by atoms with Gasteiger partial charge in [0.2, 0.25) is 11.8 Å². The van der Waals surface area contributed by atoms with E-state index in [1.54, 1.807) is 32.8 Å². The number of carbonyl (C=O) groups excluding carboxylic acids is 2. The highest BCUT2D eigenvalue weighted by molar-refractivity contribution is 5.97. The molecule has 0 radical (unpaired) electrons. The second kappa shape index (κ2) is 6.70. The fraction of sp³-hybridized carbons (Fsp3) is 0.450. The smallest absolute Gasteiger partial charge is 0.247 e. The van der Waals surface area contributed by atoms with Gasteiger partial charge in [0.1, 0.15) is 17.9 Å². The van der Waals surface area contributed by atoms with E-state index in [9.17, 15) is 14.0 Å². The summed E-state index contributed by atoms with van der Waals surface area (Å²) in [6.07, 6.45) is 5.42. The van der Waals surface area contributed by atoms with E-state index in [1.165, 1.54) is 12.1 Å². The maximum absolute atomic E-state index is 13.1. The van der Waals surface area contributed by atoms with Crippen molar-refractivity contribution in [3.8, 4) is 5.69 Å². The minimum Gasteiger partial charge on any atom is -0.329 e. The molecule has 28 heavy (non-hydrogen) atoms. The summed E-state index contributed by atoms with van der Waals surface area (Å²) in [7, 11) is 0. The van der Waals surface area contributed by atoms with Crippen molar-refractivity contribution in [2.75, 3.05) is 26.2 Å². The first-order valence-corrected chi connectivity index (χ1v) is 9.73. The van der Waals surface area contributed by atoms with Gasteiger partial charge in [-0.05, 0) is 37.1 Å². The molecule has 7 nitrogen and oxygen atoms in total. The molecular weight excluding hydrogens is 361 g/mol. The Hall–Kier alpha value is -2.74. The first-order chi connectivity index (χ1) is 13.6. The number of hydrogen-bond donors (Lipinski definition) is 0. The number of hydrogen-bond acceptors (Lipinski definition) is 4. The van der Waals surface area contributed by atoms with Crippen LogP contribution in [0.3, 0.4) is 0 Å². The van der Waals surface area contributed by atoms with E-state index >= 15 is 0 Å². The molecule has 2 aromatic rings. The fourth-order valence-corrected chi connectivity index (χ4v) is 4.56. The molecule has 3 fully saturated rings. The number of halogens is 1. The molecule has 0 saturated carbocycles. The number of piperazine rings is 2. The summed E-state index contributed by atoms with van der Waals surface area (Å²) >= 11 is 0. The highest BCUT2D eigenvalue weighted by atomic mass is 19.1. The molecule has 0 unspecified atom stereocenters. The van der Waals surface area contributed by atoms with Gasteiger partial charge in [-0.2, -0.15) is 5.10 Å². The van der Waals surface area contributed by atoms with Gasteiger partial charge in [-0.1, -0.05) is 0 Å². The number of aromatic nitrogens is 2. The van der Waals surface area contributed by atoms with Crippen molar-refractivity contribution < 1.29 is 14.0 Å².